The summed E-state index contributed by atoms with van der Waals surface area (Å²) >= 11 is 0. The van der Waals surface area contributed by atoms with Gasteiger partial charge in [-0.25, -0.2) is 9.98 Å². The van der Waals surface area contributed by atoms with E-state index in [4.69, 9.17) is 4.74 Å². The van der Waals surface area contributed by atoms with Crippen molar-refractivity contribution < 1.29 is 18.3 Å². The Balaban J connectivity index is 0.00000363. The molecule has 3 aromatic rings. The molecule has 2 aromatic carbocycles. The summed E-state index contributed by atoms with van der Waals surface area (Å²) in [6.45, 7) is 0.311. The molecule has 3 N–H and O–H groups in total. The molecule has 0 fully saturated rings. The molecular formula is C21H25F2IN6O2. The number of H-pyrrole nitrogens is 1. The number of hydrogen-bond acceptors (Lipinski definition) is 5. The van der Waals surface area contributed by atoms with E-state index in [1.807, 2.05) is 31.2 Å². The first kappa shape index (κ1) is 25.3. The summed E-state index contributed by atoms with van der Waals surface area (Å²) in [5.41, 5.74) is 2.42. The number of benzene rings is 2. The number of alkyl halides is 2. The van der Waals surface area contributed by atoms with Gasteiger partial charge in [-0.05, 0) is 36.8 Å². The Morgan fingerprint density at radius 1 is 1.19 bits per heavy atom. The van der Waals surface area contributed by atoms with E-state index in [2.05, 4.69) is 35.5 Å². The second kappa shape index (κ2) is 12.8. The van der Waals surface area contributed by atoms with Crippen LogP contribution in [0.25, 0.3) is 11.4 Å². The van der Waals surface area contributed by atoms with Crippen LogP contribution in [0.15, 0.2) is 53.8 Å². The van der Waals surface area contributed by atoms with Crippen LogP contribution >= 0.6 is 24.0 Å². The van der Waals surface area contributed by atoms with E-state index in [1.54, 1.807) is 12.1 Å². The highest BCUT2D eigenvalue weighted by Gasteiger charge is 2.12. The van der Waals surface area contributed by atoms with E-state index in [9.17, 15) is 8.78 Å². The molecule has 0 aliphatic carbocycles. The maximum Gasteiger partial charge on any atom is 0.387 e. The van der Waals surface area contributed by atoms with Gasteiger partial charge >= 0.3 is 6.61 Å². The number of aromatic nitrogens is 3. The molecule has 0 atom stereocenters. The van der Waals surface area contributed by atoms with Crippen LogP contribution in [-0.4, -0.2) is 41.4 Å². The molecule has 1 aromatic heterocycles. The SMILES string of the molecule is CCNC(=NCc1cccc(-c2ncn[nH]2)c1)NCc1cc(OC)ccc1OC(F)F.I. The highest BCUT2D eigenvalue weighted by atomic mass is 127. The molecule has 0 saturated carbocycles. The van der Waals surface area contributed by atoms with E-state index in [0.717, 1.165) is 11.1 Å². The molecule has 32 heavy (non-hydrogen) atoms. The summed E-state index contributed by atoms with van der Waals surface area (Å²) < 4.78 is 35.2. The Hall–Kier alpha value is -2.96. The molecule has 172 valence electrons. The molecule has 0 aliphatic rings. The third kappa shape index (κ3) is 7.32. The van der Waals surface area contributed by atoms with Crippen LogP contribution in [-0.2, 0) is 13.1 Å². The predicted octanol–water partition coefficient (Wildman–Crippen LogP) is 3.96. The van der Waals surface area contributed by atoms with Gasteiger partial charge in [0, 0.05) is 24.2 Å². The van der Waals surface area contributed by atoms with Gasteiger partial charge < -0.3 is 20.1 Å². The number of halogens is 3. The summed E-state index contributed by atoms with van der Waals surface area (Å²) in [7, 11) is 1.51. The molecule has 0 aliphatic heterocycles. The van der Waals surface area contributed by atoms with Crippen molar-refractivity contribution in [3.63, 3.8) is 0 Å². The Morgan fingerprint density at radius 2 is 2.03 bits per heavy atom. The minimum Gasteiger partial charge on any atom is -0.497 e. The van der Waals surface area contributed by atoms with Crippen LogP contribution in [0.4, 0.5) is 8.78 Å². The lowest BCUT2D eigenvalue weighted by Crippen LogP contribution is -2.36. The van der Waals surface area contributed by atoms with Crippen molar-refractivity contribution in [3.05, 3.63) is 59.9 Å². The number of ether oxygens (including phenoxy) is 2. The standard InChI is InChI=1S/C21H24F2N6O2.HI/c1-3-24-21(25-11-14-5-4-6-15(9-14)19-27-13-28-29-19)26-12-16-10-17(30-2)7-8-18(16)31-20(22)23;/h4-10,13,20H,3,11-12H2,1-2H3,(H2,24,25,26)(H,27,28,29);1H. The summed E-state index contributed by atoms with van der Waals surface area (Å²) in [6.07, 6.45) is 1.46. The second-order valence-corrected chi connectivity index (χ2v) is 6.44. The van der Waals surface area contributed by atoms with Gasteiger partial charge in [-0.15, -0.1) is 24.0 Å². The minimum absolute atomic E-state index is 0. The highest BCUT2D eigenvalue weighted by molar-refractivity contribution is 14.0. The number of methoxy groups -OCH3 is 1. The van der Waals surface area contributed by atoms with Crippen molar-refractivity contribution in [1.82, 2.24) is 25.8 Å². The highest BCUT2D eigenvalue weighted by Crippen LogP contribution is 2.25. The summed E-state index contributed by atoms with van der Waals surface area (Å²) in [5.74, 6) is 1.85. The van der Waals surface area contributed by atoms with Gasteiger partial charge in [0.25, 0.3) is 0 Å². The Labute approximate surface area is 201 Å². The van der Waals surface area contributed by atoms with E-state index in [-0.39, 0.29) is 36.3 Å². The number of hydrogen-bond donors (Lipinski definition) is 3. The quantitative estimate of drug-likeness (QED) is 0.209. The molecule has 0 amide bonds. The van der Waals surface area contributed by atoms with Crippen LogP contribution < -0.4 is 20.1 Å². The minimum atomic E-state index is -2.91. The van der Waals surface area contributed by atoms with Gasteiger partial charge in [0.05, 0.1) is 13.7 Å². The lowest BCUT2D eigenvalue weighted by atomic mass is 10.1. The number of aromatic amines is 1. The Bertz CT molecular complexity index is 1000. The molecule has 11 heteroatoms. The van der Waals surface area contributed by atoms with Gasteiger partial charge in [0.15, 0.2) is 11.8 Å². The number of nitrogens with zero attached hydrogens (tertiary/aromatic N) is 3. The van der Waals surface area contributed by atoms with Crippen LogP contribution in [0.3, 0.4) is 0 Å². The van der Waals surface area contributed by atoms with E-state index in [1.165, 1.54) is 19.5 Å². The van der Waals surface area contributed by atoms with Crippen molar-refractivity contribution in [2.45, 2.75) is 26.6 Å². The fraction of sp³-hybridized carbons (Fsp3) is 0.286. The molecule has 0 unspecified atom stereocenters. The fourth-order valence-corrected chi connectivity index (χ4v) is 2.88. The van der Waals surface area contributed by atoms with E-state index < -0.39 is 6.61 Å². The molecule has 8 nitrogen and oxygen atoms in total. The topological polar surface area (TPSA) is 96.5 Å². The van der Waals surface area contributed by atoms with Gasteiger partial charge in [-0.1, -0.05) is 18.2 Å². The van der Waals surface area contributed by atoms with Crippen LogP contribution in [0.5, 0.6) is 11.5 Å². The summed E-state index contributed by atoms with van der Waals surface area (Å²) in [4.78, 5) is 8.74. The number of guanidine groups is 1. The molecule has 0 bridgehead atoms. The van der Waals surface area contributed by atoms with Crippen molar-refractivity contribution in [3.8, 4) is 22.9 Å². The molecule has 0 spiro atoms. The second-order valence-electron chi connectivity index (χ2n) is 6.44. The molecule has 0 radical (unpaired) electrons. The largest absolute Gasteiger partial charge is 0.497 e. The zero-order chi connectivity index (χ0) is 22.1. The Morgan fingerprint density at radius 3 is 2.72 bits per heavy atom. The maximum absolute atomic E-state index is 12.7. The summed E-state index contributed by atoms with van der Waals surface area (Å²) in [5, 5.41) is 13.0. The van der Waals surface area contributed by atoms with Crippen LogP contribution in [0.2, 0.25) is 0 Å². The van der Waals surface area contributed by atoms with Gasteiger partial charge in [-0.2, -0.15) is 13.9 Å². The first-order valence-electron chi connectivity index (χ1n) is 9.67. The maximum atomic E-state index is 12.7. The lowest BCUT2D eigenvalue weighted by molar-refractivity contribution is -0.0504. The van der Waals surface area contributed by atoms with Crippen molar-refractivity contribution >= 4 is 29.9 Å². The third-order valence-corrected chi connectivity index (χ3v) is 4.31. The van der Waals surface area contributed by atoms with Gasteiger partial charge in [0.1, 0.15) is 17.8 Å². The zero-order valence-corrected chi connectivity index (χ0v) is 20.0. The third-order valence-electron chi connectivity index (χ3n) is 4.31. The molecule has 0 saturated heterocycles. The number of aliphatic imine (C=N–C) groups is 1. The average Bonchev–Trinajstić information content (AvgIpc) is 3.31. The average molecular weight is 558 g/mol. The Kier molecular flexibility index (Phi) is 10.1. The molecular weight excluding hydrogens is 533 g/mol. The van der Waals surface area contributed by atoms with Crippen molar-refractivity contribution in [1.29, 1.82) is 0 Å². The number of rotatable bonds is 9. The number of nitrogens with one attached hydrogen (secondary N) is 3. The molecule has 1 heterocycles. The van der Waals surface area contributed by atoms with E-state index in [0.29, 0.717) is 36.2 Å². The monoisotopic (exact) mass is 558 g/mol. The summed E-state index contributed by atoms with van der Waals surface area (Å²) in [6, 6.07) is 12.5. The first-order valence-corrected chi connectivity index (χ1v) is 9.67. The first-order chi connectivity index (χ1) is 15.1. The van der Waals surface area contributed by atoms with Crippen LogP contribution in [0, 0.1) is 0 Å². The fourth-order valence-electron chi connectivity index (χ4n) is 2.88. The van der Waals surface area contributed by atoms with E-state index >= 15 is 0 Å². The van der Waals surface area contributed by atoms with Crippen molar-refractivity contribution in [2.24, 2.45) is 4.99 Å². The van der Waals surface area contributed by atoms with Gasteiger partial charge in [-0.3, -0.25) is 5.10 Å². The van der Waals surface area contributed by atoms with Gasteiger partial charge in [0.2, 0.25) is 0 Å². The lowest BCUT2D eigenvalue weighted by Gasteiger charge is -2.15. The predicted molar refractivity (Wildman–Crippen MR) is 129 cm³/mol. The van der Waals surface area contributed by atoms with Crippen LogP contribution in [0.1, 0.15) is 18.1 Å². The molecule has 3 rings (SSSR count). The smallest absolute Gasteiger partial charge is 0.387 e. The van der Waals surface area contributed by atoms with Crippen molar-refractivity contribution in [2.75, 3.05) is 13.7 Å². The zero-order valence-electron chi connectivity index (χ0n) is 17.6. The normalized spacial score (nSPS) is 11.1.